The molecule has 2 atom stereocenters. The fourth-order valence-corrected chi connectivity index (χ4v) is 2.69. The Hall–Kier alpha value is -0.530. The predicted octanol–water partition coefficient (Wildman–Crippen LogP) is 2.63. The Morgan fingerprint density at radius 1 is 0.857 bits per heavy atom. The zero-order valence-corrected chi connectivity index (χ0v) is 8.93. The van der Waals surface area contributed by atoms with E-state index in [0.29, 0.717) is 17.9 Å². The number of rotatable bonds is 0. The Balaban J connectivity index is 1.82. The number of amides is 1. The van der Waals surface area contributed by atoms with Crippen LogP contribution in [0.2, 0.25) is 0 Å². The molecule has 1 heterocycles. The zero-order chi connectivity index (χ0) is 9.80. The maximum Gasteiger partial charge on any atom is 0.225 e. The third-order valence-electron chi connectivity index (χ3n) is 3.68. The maximum absolute atomic E-state index is 11.3. The van der Waals surface area contributed by atoms with E-state index in [1.165, 1.54) is 51.4 Å². The lowest BCUT2D eigenvalue weighted by atomic mass is 9.83. The molecule has 0 aromatic rings. The van der Waals surface area contributed by atoms with Crippen LogP contribution in [0.15, 0.2) is 0 Å². The van der Waals surface area contributed by atoms with Gasteiger partial charge in [0, 0.05) is 6.04 Å². The van der Waals surface area contributed by atoms with Crippen molar-refractivity contribution in [3.8, 4) is 0 Å². The summed E-state index contributed by atoms with van der Waals surface area (Å²) in [6, 6.07) is 0.528. The standard InChI is InChI=1S/C12H21NO/c14-12-10-8-6-4-2-1-3-5-7-9-11(10)13-12/h10-11H,1-9H2,(H,13,14)/t10-,11+/m0/s1. The summed E-state index contributed by atoms with van der Waals surface area (Å²) in [6.45, 7) is 0. The minimum absolute atomic E-state index is 0.314. The van der Waals surface area contributed by atoms with E-state index in [4.69, 9.17) is 0 Å². The fourth-order valence-electron chi connectivity index (χ4n) is 2.69. The second-order valence-electron chi connectivity index (χ2n) is 4.77. The third kappa shape index (κ3) is 2.28. The molecule has 1 saturated carbocycles. The summed E-state index contributed by atoms with van der Waals surface area (Å²) in [7, 11) is 0. The molecule has 2 aliphatic rings. The molecule has 0 bridgehead atoms. The Morgan fingerprint density at radius 2 is 1.43 bits per heavy atom. The highest BCUT2D eigenvalue weighted by Gasteiger charge is 2.37. The van der Waals surface area contributed by atoms with E-state index in [1.807, 2.05) is 0 Å². The molecule has 2 fully saturated rings. The molecule has 80 valence electrons. The predicted molar refractivity (Wildman–Crippen MR) is 57.0 cm³/mol. The van der Waals surface area contributed by atoms with Crippen molar-refractivity contribution in [1.29, 1.82) is 0 Å². The van der Waals surface area contributed by atoms with Gasteiger partial charge in [0.2, 0.25) is 5.91 Å². The molecule has 2 heteroatoms. The number of nitrogens with one attached hydrogen (secondary N) is 1. The third-order valence-corrected chi connectivity index (χ3v) is 3.68. The SMILES string of the molecule is O=C1N[C@@H]2CCCCCCCCC[C@H]12. The van der Waals surface area contributed by atoms with Crippen LogP contribution in [0.5, 0.6) is 0 Å². The lowest BCUT2D eigenvalue weighted by Gasteiger charge is -2.37. The molecule has 0 aromatic carbocycles. The highest BCUT2D eigenvalue weighted by Crippen LogP contribution is 2.27. The zero-order valence-electron chi connectivity index (χ0n) is 8.93. The first-order chi connectivity index (χ1) is 6.88. The molecular formula is C12H21NO. The van der Waals surface area contributed by atoms with E-state index >= 15 is 0 Å². The molecule has 1 saturated heterocycles. The van der Waals surface area contributed by atoms with Gasteiger partial charge in [-0.15, -0.1) is 0 Å². The molecule has 1 N–H and O–H groups in total. The molecule has 14 heavy (non-hydrogen) atoms. The van der Waals surface area contributed by atoms with Gasteiger partial charge in [-0.3, -0.25) is 4.79 Å². The van der Waals surface area contributed by atoms with Crippen molar-refractivity contribution < 1.29 is 4.79 Å². The average Bonchev–Trinajstić information content (AvgIpc) is 2.21. The molecular weight excluding hydrogens is 174 g/mol. The largest absolute Gasteiger partial charge is 0.352 e. The van der Waals surface area contributed by atoms with Gasteiger partial charge < -0.3 is 5.32 Å². The first kappa shape index (κ1) is 10.0. The summed E-state index contributed by atoms with van der Waals surface area (Å²) in [4.78, 5) is 11.3. The molecule has 2 nitrogen and oxygen atoms in total. The van der Waals surface area contributed by atoms with Gasteiger partial charge in [-0.1, -0.05) is 44.9 Å². The molecule has 1 amide bonds. The van der Waals surface area contributed by atoms with Crippen LogP contribution < -0.4 is 5.32 Å². The monoisotopic (exact) mass is 195 g/mol. The van der Waals surface area contributed by atoms with Crippen LogP contribution in [0, 0.1) is 5.92 Å². The van der Waals surface area contributed by atoms with Gasteiger partial charge in [0.25, 0.3) is 0 Å². The van der Waals surface area contributed by atoms with Crippen molar-refractivity contribution in [3.05, 3.63) is 0 Å². The molecule has 1 aliphatic heterocycles. The van der Waals surface area contributed by atoms with E-state index in [1.54, 1.807) is 0 Å². The van der Waals surface area contributed by atoms with Crippen LogP contribution in [0.25, 0.3) is 0 Å². The molecule has 0 aromatic heterocycles. The van der Waals surface area contributed by atoms with Crippen LogP contribution in [-0.2, 0) is 4.79 Å². The van der Waals surface area contributed by atoms with Gasteiger partial charge in [0.05, 0.1) is 5.92 Å². The average molecular weight is 195 g/mol. The van der Waals surface area contributed by atoms with Gasteiger partial charge in [-0.2, -0.15) is 0 Å². The first-order valence-electron chi connectivity index (χ1n) is 6.18. The van der Waals surface area contributed by atoms with Crippen molar-refractivity contribution in [1.82, 2.24) is 5.32 Å². The van der Waals surface area contributed by atoms with Crippen molar-refractivity contribution in [3.63, 3.8) is 0 Å². The number of fused-ring (bicyclic) bond motifs is 1. The molecule has 0 unspecified atom stereocenters. The Bertz CT molecular complexity index is 202. The van der Waals surface area contributed by atoms with Crippen molar-refractivity contribution in [2.75, 3.05) is 0 Å². The van der Waals surface area contributed by atoms with Crippen LogP contribution in [0.4, 0.5) is 0 Å². The molecule has 1 aliphatic carbocycles. The smallest absolute Gasteiger partial charge is 0.225 e. The van der Waals surface area contributed by atoms with Crippen molar-refractivity contribution >= 4 is 5.91 Å². The topological polar surface area (TPSA) is 29.1 Å². The summed E-state index contributed by atoms with van der Waals surface area (Å²) in [6.07, 6.45) is 11.8. The highest BCUT2D eigenvalue weighted by molar-refractivity contribution is 5.85. The first-order valence-corrected chi connectivity index (χ1v) is 6.18. The number of carbonyl (C=O) groups excluding carboxylic acids is 1. The van der Waals surface area contributed by atoms with E-state index in [-0.39, 0.29) is 0 Å². The Kier molecular flexibility index (Phi) is 3.44. The van der Waals surface area contributed by atoms with Gasteiger partial charge in [0.1, 0.15) is 0 Å². The Morgan fingerprint density at radius 3 is 2.07 bits per heavy atom. The van der Waals surface area contributed by atoms with Gasteiger partial charge in [-0.25, -0.2) is 0 Å². The van der Waals surface area contributed by atoms with E-state index < -0.39 is 0 Å². The summed E-state index contributed by atoms with van der Waals surface area (Å²) >= 11 is 0. The van der Waals surface area contributed by atoms with Crippen LogP contribution >= 0.6 is 0 Å². The van der Waals surface area contributed by atoms with Crippen LogP contribution in [0.1, 0.15) is 57.8 Å². The van der Waals surface area contributed by atoms with Crippen LogP contribution in [0.3, 0.4) is 0 Å². The van der Waals surface area contributed by atoms with E-state index in [0.717, 1.165) is 6.42 Å². The normalized spacial score (nSPS) is 34.7. The van der Waals surface area contributed by atoms with Crippen LogP contribution in [-0.4, -0.2) is 11.9 Å². The second-order valence-corrected chi connectivity index (χ2v) is 4.77. The summed E-state index contributed by atoms with van der Waals surface area (Å²) in [5.41, 5.74) is 0. The van der Waals surface area contributed by atoms with Crippen molar-refractivity contribution in [2.24, 2.45) is 5.92 Å². The van der Waals surface area contributed by atoms with Crippen molar-refractivity contribution in [2.45, 2.75) is 63.8 Å². The fraction of sp³-hybridized carbons (Fsp3) is 0.917. The Labute approximate surface area is 86.5 Å². The number of β-lactam (4-membered cyclic amide) rings is 1. The van der Waals surface area contributed by atoms with E-state index in [2.05, 4.69) is 5.32 Å². The lowest BCUT2D eigenvalue weighted by Crippen LogP contribution is -2.57. The lowest BCUT2D eigenvalue weighted by molar-refractivity contribution is -0.135. The number of carbonyl (C=O) groups is 1. The summed E-state index contributed by atoms with van der Waals surface area (Å²) in [5.74, 6) is 0.683. The minimum atomic E-state index is 0.314. The molecule has 2 rings (SSSR count). The maximum atomic E-state index is 11.3. The summed E-state index contributed by atoms with van der Waals surface area (Å²) in [5, 5.41) is 3.04. The number of hydrogen-bond donors (Lipinski definition) is 1. The summed E-state index contributed by atoms with van der Waals surface area (Å²) < 4.78 is 0. The quantitative estimate of drug-likeness (QED) is 0.591. The highest BCUT2D eigenvalue weighted by atomic mass is 16.2. The van der Waals surface area contributed by atoms with Gasteiger partial charge in [0.15, 0.2) is 0 Å². The minimum Gasteiger partial charge on any atom is -0.352 e. The molecule has 0 radical (unpaired) electrons. The van der Waals surface area contributed by atoms with E-state index in [9.17, 15) is 4.79 Å². The molecule has 0 spiro atoms. The number of hydrogen-bond acceptors (Lipinski definition) is 1. The second kappa shape index (κ2) is 4.81. The van der Waals surface area contributed by atoms with Gasteiger partial charge >= 0.3 is 0 Å². The van der Waals surface area contributed by atoms with Gasteiger partial charge in [-0.05, 0) is 12.8 Å².